The molecule has 2 aliphatic heterocycles. The van der Waals surface area contributed by atoms with Gasteiger partial charge in [-0.05, 0) is 71.9 Å². The molecule has 0 amide bonds. The van der Waals surface area contributed by atoms with Crippen LogP contribution in [0.25, 0.3) is 5.57 Å². The van der Waals surface area contributed by atoms with Crippen LogP contribution >= 0.6 is 11.6 Å². The molecule has 0 atom stereocenters. The van der Waals surface area contributed by atoms with Gasteiger partial charge < -0.3 is 19.5 Å². The second kappa shape index (κ2) is 10.5. The smallest absolute Gasteiger partial charge is 0.337 e. The van der Waals surface area contributed by atoms with Gasteiger partial charge in [-0.2, -0.15) is 0 Å². The van der Waals surface area contributed by atoms with Crippen molar-refractivity contribution < 1.29 is 19.4 Å². The Balaban J connectivity index is 1.34. The van der Waals surface area contributed by atoms with Crippen LogP contribution in [0.3, 0.4) is 0 Å². The van der Waals surface area contributed by atoms with E-state index in [0.717, 1.165) is 59.6 Å². The van der Waals surface area contributed by atoms with Gasteiger partial charge in [0.2, 0.25) is 0 Å². The van der Waals surface area contributed by atoms with Gasteiger partial charge in [-0.15, -0.1) is 0 Å². The van der Waals surface area contributed by atoms with E-state index in [9.17, 15) is 9.90 Å². The fraction of sp³-hybridized carbons (Fsp3) is 0.300. The summed E-state index contributed by atoms with van der Waals surface area (Å²) in [5.74, 6) is 0.396. The lowest BCUT2D eigenvalue weighted by Gasteiger charge is -2.38. The quantitative estimate of drug-likeness (QED) is 0.444. The Hall–Kier alpha value is -3.12. The number of piperidine rings is 1. The summed E-state index contributed by atoms with van der Waals surface area (Å²) in [6.45, 7) is 3.01. The molecule has 3 aromatic carbocycles. The Morgan fingerprint density at radius 2 is 1.83 bits per heavy atom. The first kappa shape index (κ1) is 24.6. The zero-order chi connectivity index (χ0) is 25.1. The van der Waals surface area contributed by atoms with Gasteiger partial charge in [0.1, 0.15) is 12.4 Å². The summed E-state index contributed by atoms with van der Waals surface area (Å²) in [5, 5.41) is 11.9. The van der Waals surface area contributed by atoms with Gasteiger partial charge in [0, 0.05) is 30.2 Å². The third kappa shape index (κ3) is 5.05. The second-order valence-electron chi connectivity index (χ2n) is 9.43. The van der Waals surface area contributed by atoms with Crippen LogP contribution in [0.1, 0.15) is 51.9 Å². The molecule has 2 heterocycles. The van der Waals surface area contributed by atoms with Gasteiger partial charge >= 0.3 is 5.97 Å². The van der Waals surface area contributed by atoms with Crippen LogP contribution in [0.4, 0.5) is 0 Å². The maximum absolute atomic E-state index is 12.2. The van der Waals surface area contributed by atoms with E-state index in [1.54, 1.807) is 6.07 Å². The Bertz CT molecular complexity index is 1280. The molecule has 1 fully saturated rings. The fourth-order valence-corrected chi connectivity index (χ4v) is 5.25. The van der Waals surface area contributed by atoms with E-state index in [0.29, 0.717) is 30.0 Å². The Kier molecular flexibility index (Phi) is 7.15. The van der Waals surface area contributed by atoms with Crippen molar-refractivity contribution in [3.05, 3.63) is 106 Å². The molecule has 0 spiro atoms. The van der Waals surface area contributed by atoms with Gasteiger partial charge in [0.25, 0.3) is 0 Å². The van der Waals surface area contributed by atoms with Crippen molar-refractivity contribution in [1.29, 1.82) is 0 Å². The highest BCUT2D eigenvalue weighted by molar-refractivity contribution is 6.30. The van der Waals surface area contributed by atoms with Crippen LogP contribution in [0.5, 0.6) is 5.75 Å². The molecule has 0 bridgehead atoms. The normalized spacial score (nSPS) is 18.0. The average Bonchev–Trinajstić information content (AvgIpc) is 3.06. The number of benzene rings is 3. The summed E-state index contributed by atoms with van der Waals surface area (Å²) in [5.41, 5.74) is 4.83. The number of carbonyl (C=O) groups is 1. The summed E-state index contributed by atoms with van der Waals surface area (Å²) < 4.78 is 11.0. The predicted octanol–water partition coefficient (Wildman–Crippen LogP) is 5.82. The number of aliphatic hydroxyl groups is 1. The van der Waals surface area contributed by atoms with E-state index in [1.807, 2.05) is 48.5 Å². The molecule has 6 heteroatoms. The van der Waals surface area contributed by atoms with Crippen LogP contribution in [-0.4, -0.2) is 42.7 Å². The minimum Gasteiger partial charge on any atom is -0.488 e. The molecule has 186 valence electrons. The largest absolute Gasteiger partial charge is 0.488 e. The van der Waals surface area contributed by atoms with E-state index < -0.39 is 5.60 Å². The molecule has 2 aliphatic rings. The summed E-state index contributed by atoms with van der Waals surface area (Å²) in [6, 6.07) is 21.2. The average molecular weight is 504 g/mol. The topological polar surface area (TPSA) is 59.0 Å². The van der Waals surface area contributed by atoms with Crippen LogP contribution in [0, 0.1) is 0 Å². The fourth-order valence-electron chi connectivity index (χ4n) is 5.13. The lowest BCUT2D eigenvalue weighted by Crippen LogP contribution is -2.42. The lowest BCUT2D eigenvalue weighted by atomic mass is 9.84. The number of hydrogen-bond donors (Lipinski definition) is 1. The highest BCUT2D eigenvalue weighted by Crippen LogP contribution is 2.38. The molecule has 36 heavy (non-hydrogen) atoms. The molecule has 0 radical (unpaired) electrons. The number of hydrogen-bond acceptors (Lipinski definition) is 5. The van der Waals surface area contributed by atoms with Crippen molar-refractivity contribution in [2.75, 3.05) is 26.7 Å². The molecule has 5 rings (SSSR count). The number of ether oxygens (including phenoxy) is 2. The zero-order valence-electron chi connectivity index (χ0n) is 20.4. The number of carbonyl (C=O) groups excluding carboxylic acids is 1. The van der Waals surface area contributed by atoms with E-state index >= 15 is 0 Å². The van der Waals surface area contributed by atoms with Gasteiger partial charge in [-0.3, -0.25) is 0 Å². The number of esters is 1. The van der Waals surface area contributed by atoms with Crippen molar-refractivity contribution >= 4 is 23.1 Å². The molecule has 3 aromatic rings. The summed E-state index contributed by atoms with van der Waals surface area (Å²) in [7, 11) is 1.39. The molecular formula is C30H30ClNO4. The number of likely N-dealkylation sites (tertiary alicyclic amines) is 1. The van der Waals surface area contributed by atoms with Gasteiger partial charge in [-0.25, -0.2) is 4.79 Å². The second-order valence-corrected chi connectivity index (χ2v) is 9.87. The van der Waals surface area contributed by atoms with Crippen LogP contribution in [0.15, 0.2) is 72.8 Å². The monoisotopic (exact) mass is 503 g/mol. The van der Waals surface area contributed by atoms with Crippen molar-refractivity contribution in [1.82, 2.24) is 4.90 Å². The molecule has 0 saturated carbocycles. The van der Waals surface area contributed by atoms with Crippen LogP contribution in [0.2, 0.25) is 5.02 Å². The minimum atomic E-state index is -0.805. The molecular weight excluding hydrogens is 474 g/mol. The van der Waals surface area contributed by atoms with E-state index in [1.165, 1.54) is 7.11 Å². The first-order valence-electron chi connectivity index (χ1n) is 12.3. The van der Waals surface area contributed by atoms with Crippen molar-refractivity contribution in [3.8, 4) is 5.75 Å². The summed E-state index contributed by atoms with van der Waals surface area (Å²) in [4.78, 5) is 14.6. The Morgan fingerprint density at radius 1 is 1.08 bits per heavy atom. The van der Waals surface area contributed by atoms with E-state index in [4.69, 9.17) is 21.1 Å². The Labute approximate surface area is 216 Å². The zero-order valence-corrected chi connectivity index (χ0v) is 21.1. The molecule has 0 unspecified atom stereocenters. The first-order valence-corrected chi connectivity index (χ1v) is 12.7. The van der Waals surface area contributed by atoms with Crippen molar-refractivity contribution in [3.63, 3.8) is 0 Å². The molecule has 0 aliphatic carbocycles. The third-order valence-corrected chi connectivity index (χ3v) is 7.49. The number of fused-ring (bicyclic) bond motifs is 2. The highest BCUT2D eigenvalue weighted by Gasteiger charge is 2.33. The highest BCUT2D eigenvalue weighted by atomic mass is 35.5. The lowest BCUT2D eigenvalue weighted by molar-refractivity contribution is -0.0254. The molecule has 0 aromatic heterocycles. The maximum atomic E-state index is 12.2. The summed E-state index contributed by atoms with van der Waals surface area (Å²) >= 11 is 6.02. The standard InChI is InChI=1S/C30H30ClNO4/c1-35-29(33)21-8-13-28-27(19-21)26(25-6-3-2-5-22(25)20-36-28)7-4-16-32-17-14-30(34,15-18-32)23-9-11-24(31)12-10-23/h2-3,5-13,19,34H,4,14-18,20H2,1H3. The van der Waals surface area contributed by atoms with E-state index in [2.05, 4.69) is 23.1 Å². The minimum absolute atomic E-state index is 0.365. The maximum Gasteiger partial charge on any atom is 0.337 e. The summed E-state index contributed by atoms with van der Waals surface area (Å²) in [6.07, 6.45) is 4.46. The number of methoxy groups -OCH3 is 1. The molecule has 1 N–H and O–H groups in total. The van der Waals surface area contributed by atoms with E-state index in [-0.39, 0.29) is 5.97 Å². The first-order chi connectivity index (χ1) is 17.5. The third-order valence-electron chi connectivity index (χ3n) is 7.24. The predicted molar refractivity (Wildman–Crippen MR) is 141 cm³/mol. The molecule has 1 saturated heterocycles. The van der Waals surface area contributed by atoms with Crippen LogP contribution in [-0.2, 0) is 16.9 Å². The number of halogens is 1. The Morgan fingerprint density at radius 3 is 2.58 bits per heavy atom. The van der Waals surface area contributed by atoms with Gasteiger partial charge in [0.15, 0.2) is 0 Å². The van der Waals surface area contributed by atoms with Crippen LogP contribution < -0.4 is 4.74 Å². The number of nitrogens with zero attached hydrogens (tertiary/aromatic N) is 1. The van der Waals surface area contributed by atoms with Gasteiger partial charge in [-0.1, -0.05) is 54.1 Å². The number of rotatable bonds is 5. The molecule has 5 nitrogen and oxygen atoms in total. The van der Waals surface area contributed by atoms with Gasteiger partial charge in [0.05, 0.1) is 18.3 Å². The van der Waals surface area contributed by atoms with Crippen molar-refractivity contribution in [2.45, 2.75) is 31.5 Å². The SMILES string of the molecule is COC(=O)c1ccc2c(c1)C(=CCCN1CCC(O)(c3ccc(Cl)cc3)CC1)c1ccccc1CO2. The van der Waals surface area contributed by atoms with Crippen molar-refractivity contribution in [2.24, 2.45) is 0 Å².